The summed E-state index contributed by atoms with van der Waals surface area (Å²) in [6, 6.07) is 9.39. The Kier molecular flexibility index (Phi) is 6.11. The molecule has 0 saturated heterocycles. The van der Waals surface area contributed by atoms with E-state index in [9.17, 15) is 0 Å². The molecule has 0 fully saturated rings. The summed E-state index contributed by atoms with van der Waals surface area (Å²) in [5.41, 5.74) is 2.99. The van der Waals surface area contributed by atoms with Crippen LogP contribution in [0.1, 0.15) is 18.1 Å². The number of rotatable bonds is 2. The van der Waals surface area contributed by atoms with E-state index in [2.05, 4.69) is 46.4 Å². The molecule has 1 N–H and O–H groups in total. The Morgan fingerprint density at radius 2 is 2.00 bits per heavy atom. The molecule has 2 heterocycles. The summed E-state index contributed by atoms with van der Waals surface area (Å²) >= 11 is 0. The number of benzene rings is 1. The number of nitrogens with one attached hydrogen (secondary N) is 1. The third-order valence-electron chi connectivity index (χ3n) is 3.73. The van der Waals surface area contributed by atoms with Gasteiger partial charge in [-0.2, -0.15) is 0 Å². The van der Waals surface area contributed by atoms with E-state index >= 15 is 0 Å². The third kappa shape index (κ3) is 3.62. The minimum absolute atomic E-state index is 0. The second-order valence-corrected chi connectivity index (χ2v) is 4.98. The van der Waals surface area contributed by atoms with Gasteiger partial charge in [-0.15, -0.1) is 24.8 Å². The first kappa shape index (κ1) is 16.3. The van der Waals surface area contributed by atoms with Crippen LogP contribution >= 0.6 is 24.8 Å². The quantitative estimate of drug-likeness (QED) is 0.907. The van der Waals surface area contributed by atoms with Crippen LogP contribution in [0.5, 0.6) is 0 Å². The van der Waals surface area contributed by atoms with Crippen LogP contribution in [0.4, 0.5) is 0 Å². The predicted octanol–water partition coefficient (Wildman–Crippen LogP) is 2.28. The zero-order chi connectivity index (χ0) is 11.7. The smallest absolute Gasteiger partial charge is 0.111 e. The fourth-order valence-corrected chi connectivity index (χ4v) is 2.69. The van der Waals surface area contributed by atoms with Gasteiger partial charge in [-0.05, 0) is 24.5 Å². The molecule has 0 spiro atoms. The largest absolute Gasteiger partial charge is 0.371 e. The number of nitrogens with zero attached hydrogens (tertiary/aromatic N) is 2. The summed E-state index contributed by atoms with van der Waals surface area (Å²) < 4.78 is 0. The van der Waals surface area contributed by atoms with Gasteiger partial charge in [0.15, 0.2) is 0 Å². The number of hydrogen-bond donors (Lipinski definition) is 1. The van der Waals surface area contributed by atoms with Crippen molar-refractivity contribution in [3.63, 3.8) is 0 Å². The number of aliphatic imine (C=N–C) groups is 1. The second-order valence-electron chi connectivity index (χ2n) is 4.98. The maximum atomic E-state index is 4.48. The van der Waals surface area contributed by atoms with Gasteiger partial charge in [-0.1, -0.05) is 24.3 Å². The van der Waals surface area contributed by atoms with Crippen molar-refractivity contribution >= 4 is 30.6 Å². The van der Waals surface area contributed by atoms with E-state index in [0.29, 0.717) is 6.04 Å². The summed E-state index contributed by atoms with van der Waals surface area (Å²) in [6.07, 6.45) is 1.16. The fraction of sp³-hybridized carbons (Fsp3) is 0.500. The molecule has 19 heavy (non-hydrogen) atoms. The minimum Gasteiger partial charge on any atom is -0.371 e. The van der Waals surface area contributed by atoms with Crippen LogP contribution in [0, 0.1) is 0 Å². The molecule has 0 bridgehead atoms. The van der Waals surface area contributed by atoms with Gasteiger partial charge in [0.25, 0.3) is 0 Å². The second kappa shape index (κ2) is 7.13. The van der Waals surface area contributed by atoms with E-state index in [-0.39, 0.29) is 24.8 Å². The minimum atomic E-state index is 0. The molecule has 106 valence electrons. The van der Waals surface area contributed by atoms with Crippen molar-refractivity contribution in [2.75, 3.05) is 19.6 Å². The molecule has 3 nitrogen and oxygen atoms in total. The topological polar surface area (TPSA) is 27.6 Å². The van der Waals surface area contributed by atoms with E-state index in [1.165, 1.54) is 11.1 Å². The molecule has 1 atom stereocenters. The molecule has 1 unspecified atom stereocenters. The molecule has 0 radical (unpaired) electrons. The third-order valence-corrected chi connectivity index (χ3v) is 3.73. The first-order valence-electron chi connectivity index (χ1n) is 6.41. The summed E-state index contributed by atoms with van der Waals surface area (Å²) in [7, 11) is 0. The Bertz CT molecular complexity index is 448. The average Bonchev–Trinajstić information content (AvgIpc) is 2.83. The van der Waals surface area contributed by atoms with E-state index in [1.54, 1.807) is 0 Å². The van der Waals surface area contributed by atoms with Crippen molar-refractivity contribution in [3.8, 4) is 0 Å². The molecule has 0 amide bonds. The standard InChI is InChI=1S/C14H19N3.2ClH/c1-11-8-12-4-2-3-5-13(12)9-17(11)10-14-15-6-7-16-14;;/h2-5,11H,6-10H2,1H3,(H,15,16);2*1H. The lowest BCUT2D eigenvalue weighted by atomic mass is 9.95. The van der Waals surface area contributed by atoms with E-state index < -0.39 is 0 Å². The van der Waals surface area contributed by atoms with Gasteiger partial charge >= 0.3 is 0 Å². The van der Waals surface area contributed by atoms with Crippen LogP contribution in [-0.2, 0) is 13.0 Å². The maximum Gasteiger partial charge on any atom is 0.111 e. The van der Waals surface area contributed by atoms with Gasteiger partial charge in [0, 0.05) is 19.1 Å². The molecule has 0 saturated carbocycles. The first-order chi connectivity index (χ1) is 8.33. The lowest BCUT2D eigenvalue weighted by molar-refractivity contribution is 0.211. The summed E-state index contributed by atoms with van der Waals surface area (Å²) in [4.78, 5) is 7.00. The van der Waals surface area contributed by atoms with Crippen molar-refractivity contribution in [1.29, 1.82) is 0 Å². The number of amidine groups is 1. The summed E-state index contributed by atoms with van der Waals surface area (Å²) in [5, 5.41) is 3.36. The van der Waals surface area contributed by atoms with Crippen LogP contribution < -0.4 is 5.32 Å². The van der Waals surface area contributed by atoms with Crippen molar-refractivity contribution in [2.45, 2.75) is 25.9 Å². The van der Waals surface area contributed by atoms with E-state index in [4.69, 9.17) is 0 Å². The molecule has 5 heteroatoms. The van der Waals surface area contributed by atoms with Crippen molar-refractivity contribution in [3.05, 3.63) is 35.4 Å². The van der Waals surface area contributed by atoms with Gasteiger partial charge in [-0.3, -0.25) is 9.89 Å². The molecular formula is C14H21Cl2N3. The van der Waals surface area contributed by atoms with Crippen LogP contribution in [-0.4, -0.2) is 36.4 Å². The van der Waals surface area contributed by atoms with E-state index in [1.807, 2.05) is 0 Å². The first-order valence-corrected chi connectivity index (χ1v) is 6.41. The van der Waals surface area contributed by atoms with Crippen molar-refractivity contribution in [1.82, 2.24) is 10.2 Å². The average molecular weight is 302 g/mol. The maximum absolute atomic E-state index is 4.48. The zero-order valence-corrected chi connectivity index (χ0v) is 12.8. The van der Waals surface area contributed by atoms with Gasteiger partial charge in [-0.25, -0.2) is 0 Å². The lowest BCUT2D eigenvalue weighted by Crippen LogP contribution is -2.43. The Hall–Kier alpha value is -0.770. The van der Waals surface area contributed by atoms with Gasteiger partial charge < -0.3 is 5.32 Å². The molecular weight excluding hydrogens is 281 g/mol. The van der Waals surface area contributed by atoms with Crippen molar-refractivity contribution in [2.24, 2.45) is 4.99 Å². The number of halogens is 2. The summed E-state index contributed by atoms with van der Waals surface area (Å²) in [6.45, 7) is 6.28. The highest BCUT2D eigenvalue weighted by Crippen LogP contribution is 2.22. The molecule has 1 aromatic rings. The Balaban J connectivity index is 0.000000902. The van der Waals surface area contributed by atoms with Gasteiger partial charge in [0.1, 0.15) is 5.84 Å². The monoisotopic (exact) mass is 301 g/mol. The highest BCUT2D eigenvalue weighted by atomic mass is 35.5. The Morgan fingerprint density at radius 3 is 2.68 bits per heavy atom. The molecule has 3 rings (SSSR count). The Morgan fingerprint density at radius 1 is 1.26 bits per heavy atom. The number of fused-ring (bicyclic) bond motifs is 1. The fourth-order valence-electron chi connectivity index (χ4n) is 2.69. The predicted molar refractivity (Wildman–Crippen MR) is 84.8 cm³/mol. The molecule has 2 aliphatic rings. The normalized spacial score (nSPS) is 21.5. The lowest BCUT2D eigenvalue weighted by Gasteiger charge is -2.34. The van der Waals surface area contributed by atoms with Crippen LogP contribution in [0.25, 0.3) is 0 Å². The van der Waals surface area contributed by atoms with Gasteiger partial charge in [0.05, 0.1) is 13.1 Å². The zero-order valence-electron chi connectivity index (χ0n) is 11.1. The summed E-state index contributed by atoms with van der Waals surface area (Å²) in [5.74, 6) is 1.16. The SMILES string of the molecule is CC1Cc2ccccc2CN1CC1=NCCN1.Cl.Cl. The van der Waals surface area contributed by atoms with Gasteiger partial charge in [0.2, 0.25) is 0 Å². The van der Waals surface area contributed by atoms with Crippen LogP contribution in [0.15, 0.2) is 29.3 Å². The molecule has 0 aromatic heterocycles. The highest BCUT2D eigenvalue weighted by molar-refractivity contribution is 5.86. The number of hydrogen-bond acceptors (Lipinski definition) is 3. The molecule has 2 aliphatic heterocycles. The highest BCUT2D eigenvalue weighted by Gasteiger charge is 2.23. The molecule has 1 aromatic carbocycles. The Labute approximate surface area is 127 Å². The van der Waals surface area contributed by atoms with Crippen LogP contribution in [0.2, 0.25) is 0 Å². The van der Waals surface area contributed by atoms with Crippen molar-refractivity contribution < 1.29 is 0 Å². The molecule has 0 aliphatic carbocycles. The van der Waals surface area contributed by atoms with E-state index in [0.717, 1.165) is 38.4 Å². The van der Waals surface area contributed by atoms with Crippen LogP contribution in [0.3, 0.4) is 0 Å².